The number of hydrogen-bond donors (Lipinski definition) is 5. The first-order chi connectivity index (χ1) is 7.51. The van der Waals surface area contributed by atoms with E-state index in [-0.39, 0.29) is 0 Å². The summed E-state index contributed by atoms with van der Waals surface area (Å²) < 4.78 is 11.7. The van der Waals surface area contributed by atoms with E-state index in [1.165, 1.54) is 6.92 Å². The van der Waals surface area contributed by atoms with Gasteiger partial charge in [0.2, 0.25) is 7.34 Å². The van der Waals surface area contributed by atoms with Gasteiger partial charge < -0.3 is 30.5 Å². The summed E-state index contributed by atoms with van der Waals surface area (Å²) in [5.41, 5.74) is 0. The van der Waals surface area contributed by atoms with E-state index in [9.17, 15) is 15.0 Å². The van der Waals surface area contributed by atoms with Crippen LogP contribution in [0.5, 0.6) is 0 Å². The molecule has 0 spiro atoms. The minimum absolute atomic E-state index is 0.454. The topological polar surface area (TPSA) is 119 Å². The molecule has 1 aliphatic rings. The minimum atomic E-state index is -1.37. The van der Waals surface area contributed by atoms with E-state index < -0.39 is 43.2 Å². The highest BCUT2D eigenvalue weighted by atomic mass is 16.6. The van der Waals surface area contributed by atoms with E-state index >= 15 is 0 Å². The first-order valence-electron chi connectivity index (χ1n) is 4.93. The highest BCUT2D eigenvalue weighted by Gasteiger charge is 2.43. The molecular weight excluding hydrogens is 206 g/mol. The summed E-state index contributed by atoms with van der Waals surface area (Å²) in [5.74, 6) is -0.454. The van der Waals surface area contributed by atoms with Gasteiger partial charge in [-0.1, -0.05) is 0 Å². The molecular formula is C8H15NO6. The molecule has 1 saturated heterocycles. The molecule has 5 N–H and O–H groups in total. The first-order valence-corrected chi connectivity index (χ1v) is 4.52. The van der Waals surface area contributed by atoms with Gasteiger partial charge in [-0.05, 0) is 0 Å². The zero-order valence-electron chi connectivity index (χ0n) is 9.16. The standard InChI is InChI=1S/C8H15NO6/c1-3(11)9-5-7(13)6(12)4(2-10)15-8(5)14/h4-8,10,12-14H,2H2,1H3,(H,9,11)/t4?,5-,6+,7?,8-/m0/s1/i14T. The molecule has 88 valence electrons. The second-order valence-corrected chi connectivity index (χ2v) is 3.43. The highest BCUT2D eigenvalue weighted by Crippen LogP contribution is 2.19. The number of aliphatic hydroxyl groups is 4. The quantitative estimate of drug-likeness (QED) is 0.346. The fourth-order valence-electron chi connectivity index (χ4n) is 1.47. The van der Waals surface area contributed by atoms with Crippen LogP contribution in [0.3, 0.4) is 0 Å². The van der Waals surface area contributed by atoms with Gasteiger partial charge in [-0.25, -0.2) is 0 Å². The fourth-order valence-corrected chi connectivity index (χ4v) is 1.47. The Hall–Kier alpha value is -0.730. The number of carbonyl (C=O) groups is 1. The third kappa shape index (κ3) is 2.64. The average molecular weight is 223 g/mol. The molecule has 0 aromatic rings. The maximum absolute atomic E-state index is 10.9. The lowest BCUT2D eigenvalue weighted by atomic mass is 9.97. The van der Waals surface area contributed by atoms with Crippen LogP contribution < -0.4 is 5.32 Å². The number of rotatable bonds is 3. The van der Waals surface area contributed by atoms with Crippen molar-refractivity contribution in [3.63, 3.8) is 0 Å². The lowest BCUT2D eigenvalue weighted by Crippen LogP contribution is -2.63. The monoisotopic (exact) mass is 223 g/mol. The van der Waals surface area contributed by atoms with Crippen LogP contribution in [0.15, 0.2) is 0 Å². The summed E-state index contributed by atoms with van der Waals surface area (Å²) in [6.45, 7) is 0.698. The molecule has 0 aromatic carbocycles. The van der Waals surface area contributed by atoms with E-state index in [4.69, 9.17) is 11.3 Å². The second kappa shape index (κ2) is 4.86. The summed E-state index contributed by atoms with van der Waals surface area (Å²) >= 11 is 0. The summed E-state index contributed by atoms with van der Waals surface area (Å²) in [5, 5.41) is 34.6. The molecule has 2 unspecified atom stereocenters. The van der Waals surface area contributed by atoms with Gasteiger partial charge in [0, 0.05) is 6.92 Å². The molecule has 7 nitrogen and oxygen atoms in total. The molecule has 1 heterocycles. The summed E-state index contributed by atoms with van der Waals surface area (Å²) in [6, 6.07) is -1.05. The van der Waals surface area contributed by atoms with E-state index in [2.05, 4.69) is 10.4 Å². The Balaban J connectivity index is 2.77. The number of carbonyl (C=O) groups excluding carboxylic acids is 1. The molecule has 7 heteroatoms. The normalized spacial score (nSPS) is 42.1. The van der Waals surface area contributed by atoms with Crippen LogP contribution in [-0.4, -0.2) is 65.0 Å². The molecule has 0 radical (unpaired) electrons. The molecule has 1 rings (SSSR count). The molecule has 0 aliphatic carbocycles. The van der Waals surface area contributed by atoms with Crippen LogP contribution in [0.25, 0.3) is 0 Å². The predicted molar refractivity (Wildman–Crippen MR) is 47.6 cm³/mol. The summed E-state index contributed by atoms with van der Waals surface area (Å²) in [6.07, 6.45) is -5.01. The third-order valence-corrected chi connectivity index (χ3v) is 2.25. The van der Waals surface area contributed by atoms with Crippen molar-refractivity contribution in [1.82, 2.24) is 5.32 Å². The fraction of sp³-hybridized carbons (Fsp3) is 0.875. The Labute approximate surface area is 87.8 Å². The zero-order chi connectivity index (χ0) is 12.3. The second-order valence-electron chi connectivity index (χ2n) is 3.43. The molecule has 1 amide bonds. The van der Waals surface area contributed by atoms with Gasteiger partial charge in [0.1, 0.15) is 24.4 Å². The number of amides is 1. The maximum atomic E-state index is 10.9. The molecule has 0 aromatic heterocycles. The lowest BCUT2D eigenvalue weighted by Gasteiger charge is -2.40. The minimum Gasteiger partial charge on any atom is -0.394 e. The van der Waals surface area contributed by atoms with Crippen LogP contribution in [-0.2, 0) is 9.53 Å². The number of nitrogens with one attached hydrogen (secondary N) is 1. The lowest BCUT2D eigenvalue weighted by molar-refractivity contribution is -0.253. The number of aliphatic hydroxyl groups excluding tert-OH is 4. The van der Waals surface area contributed by atoms with E-state index in [0.717, 1.165) is 0 Å². The summed E-state index contributed by atoms with van der Waals surface area (Å²) in [4.78, 5) is 10.9. The van der Waals surface area contributed by atoms with Crippen molar-refractivity contribution < 1.29 is 30.0 Å². The van der Waals surface area contributed by atoms with Crippen molar-refractivity contribution in [2.75, 3.05) is 6.61 Å². The molecule has 15 heavy (non-hydrogen) atoms. The van der Waals surface area contributed by atoms with E-state index in [1.807, 2.05) is 0 Å². The Morgan fingerprint density at radius 1 is 1.53 bits per heavy atom. The van der Waals surface area contributed by atoms with Crippen LogP contribution in [0.2, 0.25) is 0 Å². The highest BCUT2D eigenvalue weighted by molar-refractivity contribution is 5.73. The van der Waals surface area contributed by atoms with Crippen LogP contribution >= 0.6 is 0 Å². The molecule has 0 saturated carbocycles. The SMILES string of the molecule is [3H]O[C@H]1OC(CO)[C@@H](O)C(O)[C@@H]1NC(C)=O. The Bertz CT molecular complexity index is 251. The van der Waals surface area contributed by atoms with E-state index in [1.54, 1.807) is 0 Å². The Kier molecular flexibility index (Phi) is 3.49. The number of ether oxygens (including phenoxy) is 1. The largest absolute Gasteiger partial charge is 0.394 e. The summed E-state index contributed by atoms with van der Waals surface area (Å²) in [7, 11) is 0. The average Bonchev–Trinajstić information content (AvgIpc) is 2.25. The molecule has 0 bridgehead atoms. The van der Waals surface area contributed by atoms with Gasteiger partial charge in [-0.2, -0.15) is 0 Å². The Morgan fingerprint density at radius 2 is 2.20 bits per heavy atom. The van der Waals surface area contributed by atoms with Crippen LogP contribution in [0, 0.1) is 0 Å². The van der Waals surface area contributed by atoms with Gasteiger partial charge in [-0.3, -0.25) is 4.79 Å². The van der Waals surface area contributed by atoms with Crippen molar-refractivity contribution in [2.45, 2.75) is 37.6 Å². The van der Waals surface area contributed by atoms with Crippen molar-refractivity contribution >= 4 is 5.91 Å². The smallest absolute Gasteiger partial charge is 0.217 e. The molecule has 1 fully saturated rings. The number of hydrogen-bond acceptors (Lipinski definition) is 6. The van der Waals surface area contributed by atoms with Crippen molar-refractivity contribution in [3.8, 4) is 0 Å². The Morgan fingerprint density at radius 3 is 2.67 bits per heavy atom. The maximum Gasteiger partial charge on any atom is 0.217 e. The van der Waals surface area contributed by atoms with Gasteiger partial charge in [-0.15, -0.1) is 0 Å². The molecule has 5 atom stereocenters. The van der Waals surface area contributed by atoms with Crippen molar-refractivity contribution in [1.29, 1.82) is 1.43 Å². The zero-order valence-corrected chi connectivity index (χ0v) is 8.16. The van der Waals surface area contributed by atoms with Gasteiger partial charge >= 0.3 is 0 Å². The molecule has 1 aliphatic heterocycles. The van der Waals surface area contributed by atoms with Crippen molar-refractivity contribution in [2.24, 2.45) is 0 Å². The van der Waals surface area contributed by atoms with Gasteiger partial charge in [0.05, 0.1) is 6.61 Å². The van der Waals surface area contributed by atoms with Crippen LogP contribution in [0.1, 0.15) is 6.92 Å². The first kappa shape index (κ1) is 10.8. The third-order valence-electron chi connectivity index (χ3n) is 2.25. The van der Waals surface area contributed by atoms with Gasteiger partial charge in [0.15, 0.2) is 6.29 Å². The predicted octanol–water partition coefficient (Wildman–Crippen LogP) is -3.08. The van der Waals surface area contributed by atoms with Gasteiger partial charge in [0.25, 0.3) is 0 Å². The van der Waals surface area contributed by atoms with Crippen molar-refractivity contribution in [3.05, 3.63) is 0 Å². The van der Waals surface area contributed by atoms with Crippen LogP contribution in [0.4, 0.5) is 0 Å². The van der Waals surface area contributed by atoms with E-state index in [0.29, 0.717) is 0 Å².